The highest BCUT2D eigenvalue weighted by Gasteiger charge is 2.18. The fourth-order valence-corrected chi connectivity index (χ4v) is 1.50. The largest absolute Gasteiger partial charge is 0.324 e. The van der Waals surface area contributed by atoms with Crippen LogP contribution in [0.15, 0.2) is 12.1 Å². The van der Waals surface area contributed by atoms with E-state index in [1.807, 2.05) is 6.92 Å². The first-order valence-electron chi connectivity index (χ1n) is 4.46. The SMILES string of the molecule is CCC[C@H](N)c1c(F)ccc(Cl)c1F.Cl. The lowest BCUT2D eigenvalue weighted by Crippen LogP contribution is -2.14. The van der Waals surface area contributed by atoms with Gasteiger partial charge >= 0.3 is 0 Å². The van der Waals surface area contributed by atoms with Crippen LogP contribution in [-0.2, 0) is 0 Å². The minimum atomic E-state index is -0.743. The van der Waals surface area contributed by atoms with Crippen LogP contribution in [0.1, 0.15) is 31.4 Å². The molecule has 15 heavy (non-hydrogen) atoms. The van der Waals surface area contributed by atoms with E-state index in [0.717, 1.165) is 12.5 Å². The third-order valence-electron chi connectivity index (χ3n) is 2.05. The molecule has 1 aromatic carbocycles. The summed E-state index contributed by atoms with van der Waals surface area (Å²) >= 11 is 5.53. The first kappa shape index (κ1) is 14.6. The molecule has 0 heterocycles. The molecule has 5 heteroatoms. The van der Waals surface area contributed by atoms with Gasteiger partial charge < -0.3 is 5.73 Å². The number of hydrogen-bond acceptors (Lipinski definition) is 1. The Morgan fingerprint density at radius 3 is 2.53 bits per heavy atom. The molecule has 1 atom stereocenters. The van der Waals surface area contributed by atoms with Gasteiger partial charge in [0, 0.05) is 11.6 Å². The molecule has 1 rings (SSSR count). The van der Waals surface area contributed by atoms with Gasteiger partial charge in [-0.25, -0.2) is 8.78 Å². The summed E-state index contributed by atoms with van der Waals surface area (Å²) in [5, 5.41) is -0.0899. The number of rotatable bonds is 3. The van der Waals surface area contributed by atoms with Gasteiger partial charge in [-0.05, 0) is 18.6 Å². The molecule has 0 bridgehead atoms. The minimum Gasteiger partial charge on any atom is -0.324 e. The second-order valence-electron chi connectivity index (χ2n) is 3.15. The van der Waals surface area contributed by atoms with E-state index < -0.39 is 17.7 Å². The van der Waals surface area contributed by atoms with E-state index >= 15 is 0 Å². The summed E-state index contributed by atoms with van der Waals surface area (Å²) in [7, 11) is 0. The number of hydrogen-bond donors (Lipinski definition) is 1. The van der Waals surface area contributed by atoms with Gasteiger partial charge in [0.15, 0.2) is 0 Å². The fraction of sp³-hybridized carbons (Fsp3) is 0.400. The van der Waals surface area contributed by atoms with E-state index in [9.17, 15) is 8.78 Å². The van der Waals surface area contributed by atoms with Crippen molar-refractivity contribution in [1.82, 2.24) is 0 Å². The maximum absolute atomic E-state index is 13.4. The van der Waals surface area contributed by atoms with Crippen molar-refractivity contribution in [3.05, 3.63) is 34.4 Å². The Bertz CT molecular complexity index is 331. The smallest absolute Gasteiger partial charge is 0.149 e. The monoisotopic (exact) mass is 255 g/mol. The predicted octanol–water partition coefficient (Wildman–Crippen LogP) is 3.84. The summed E-state index contributed by atoms with van der Waals surface area (Å²) in [6.45, 7) is 1.90. The quantitative estimate of drug-likeness (QED) is 0.817. The molecule has 86 valence electrons. The molecule has 0 saturated heterocycles. The van der Waals surface area contributed by atoms with E-state index in [2.05, 4.69) is 0 Å². The number of benzene rings is 1. The number of nitrogens with two attached hydrogens (primary N) is 1. The van der Waals surface area contributed by atoms with Gasteiger partial charge in [0.1, 0.15) is 11.6 Å². The topological polar surface area (TPSA) is 26.0 Å². The first-order valence-corrected chi connectivity index (χ1v) is 4.84. The normalized spacial score (nSPS) is 12.1. The summed E-state index contributed by atoms with van der Waals surface area (Å²) in [5.41, 5.74) is 5.53. The second-order valence-corrected chi connectivity index (χ2v) is 3.56. The van der Waals surface area contributed by atoms with Crippen LogP contribution in [0.2, 0.25) is 5.02 Å². The van der Waals surface area contributed by atoms with Crippen LogP contribution in [0.3, 0.4) is 0 Å². The van der Waals surface area contributed by atoms with Gasteiger partial charge in [-0.2, -0.15) is 0 Å². The van der Waals surface area contributed by atoms with E-state index in [-0.39, 0.29) is 23.0 Å². The zero-order valence-electron chi connectivity index (χ0n) is 8.27. The zero-order valence-corrected chi connectivity index (χ0v) is 9.84. The Labute approximate surface area is 99.0 Å². The van der Waals surface area contributed by atoms with Crippen LogP contribution in [0.25, 0.3) is 0 Å². The molecule has 0 spiro atoms. The maximum Gasteiger partial charge on any atom is 0.149 e. The van der Waals surface area contributed by atoms with E-state index in [1.165, 1.54) is 6.07 Å². The molecule has 0 aliphatic carbocycles. The molecule has 0 radical (unpaired) electrons. The molecular weight excluding hydrogens is 243 g/mol. The third kappa shape index (κ3) is 3.30. The van der Waals surface area contributed by atoms with Crippen LogP contribution in [0.5, 0.6) is 0 Å². The van der Waals surface area contributed by atoms with Crippen molar-refractivity contribution < 1.29 is 8.78 Å². The lowest BCUT2D eigenvalue weighted by molar-refractivity contribution is 0.510. The number of halogens is 4. The van der Waals surface area contributed by atoms with Crippen molar-refractivity contribution in [3.8, 4) is 0 Å². The van der Waals surface area contributed by atoms with Gasteiger partial charge in [-0.1, -0.05) is 24.9 Å². The molecule has 1 nitrogen and oxygen atoms in total. The summed E-state index contributed by atoms with van der Waals surface area (Å²) in [6, 6.07) is 1.70. The molecule has 0 amide bonds. The van der Waals surface area contributed by atoms with Gasteiger partial charge in [-0.15, -0.1) is 12.4 Å². The summed E-state index contributed by atoms with van der Waals surface area (Å²) < 4.78 is 26.6. The van der Waals surface area contributed by atoms with Crippen molar-refractivity contribution in [2.45, 2.75) is 25.8 Å². The standard InChI is InChI=1S/C10H12ClF2N.ClH/c1-2-3-8(14)9-7(12)5-4-6(11)10(9)13;/h4-5,8H,2-3,14H2,1H3;1H/t8-;/m0./s1. The van der Waals surface area contributed by atoms with Crippen LogP contribution >= 0.6 is 24.0 Å². The fourth-order valence-electron chi connectivity index (χ4n) is 1.34. The van der Waals surface area contributed by atoms with Gasteiger partial charge in [0.2, 0.25) is 0 Å². The van der Waals surface area contributed by atoms with Gasteiger partial charge in [0.05, 0.1) is 5.02 Å². The highest BCUT2D eigenvalue weighted by Crippen LogP contribution is 2.27. The van der Waals surface area contributed by atoms with Crippen LogP contribution in [0, 0.1) is 11.6 Å². The Balaban J connectivity index is 0.00000196. The minimum absolute atomic E-state index is 0. The van der Waals surface area contributed by atoms with Crippen molar-refractivity contribution in [2.24, 2.45) is 5.73 Å². The first-order chi connectivity index (χ1) is 6.57. The van der Waals surface area contributed by atoms with Crippen LogP contribution in [-0.4, -0.2) is 0 Å². The summed E-state index contributed by atoms with van der Waals surface area (Å²) in [5.74, 6) is -1.37. The molecular formula is C10H13Cl2F2N. The average Bonchev–Trinajstić information content (AvgIpc) is 2.13. The highest BCUT2D eigenvalue weighted by molar-refractivity contribution is 6.30. The summed E-state index contributed by atoms with van der Waals surface area (Å²) in [4.78, 5) is 0. The van der Waals surface area contributed by atoms with E-state index in [0.29, 0.717) is 6.42 Å². The van der Waals surface area contributed by atoms with Gasteiger partial charge in [0.25, 0.3) is 0 Å². The summed E-state index contributed by atoms with van der Waals surface area (Å²) in [6.07, 6.45) is 1.31. The second kappa shape index (κ2) is 6.26. The van der Waals surface area contributed by atoms with Crippen molar-refractivity contribution in [2.75, 3.05) is 0 Å². The lowest BCUT2D eigenvalue weighted by atomic mass is 10.0. The van der Waals surface area contributed by atoms with E-state index in [4.69, 9.17) is 17.3 Å². The molecule has 2 N–H and O–H groups in total. The molecule has 1 aromatic rings. The Morgan fingerprint density at radius 1 is 1.40 bits per heavy atom. The van der Waals surface area contributed by atoms with Crippen molar-refractivity contribution in [1.29, 1.82) is 0 Å². The van der Waals surface area contributed by atoms with Crippen molar-refractivity contribution >= 4 is 24.0 Å². The average molecular weight is 256 g/mol. The van der Waals surface area contributed by atoms with Crippen molar-refractivity contribution in [3.63, 3.8) is 0 Å². The molecule has 0 aromatic heterocycles. The Morgan fingerprint density at radius 2 is 2.00 bits per heavy atom. The predicted molar refractivity (Wildman–Crippen MR) is 60.5 cm³/mol. The lowest BCUT2D eigenvalue weighted by Gasteiger charge is -2.13. The molecule has 0 fully saturated rings. The Kier molecular flexibility index (Phi) is 6.10. The maximum atomic E-state index is 13.4. The van der Waals surface area contributed by atoms with Crippen LogP contribution in [0.4, 0.5) is 8.78 Å². The zero-order chi connectivity index (χ0) is 10.7. The van der Waals surface area contributed by atoms with E-state index in [1.54, 1.807) is 0 Å². The molecule has 0 unspecified atom stereocenters. The third-order valence-corrected chi connectivity index (χ3v) is 2.34. The highest BCUT2D eigenvalue weighted by atomic mass is 35.5. The molecule has 0 aliphatic rings. The molecule has 0 aliphatic heterocycles. The van der Waals surface area contributed by atoms with Crippen LogP contribution < -0.4 is 5.73 Å². The Hall–Kier alpha value is -0.380. The van der Waals surface area contributed by atoms with Gasteiger partial charge in [-0.3, -0.25) is 0 Å². The molecule has 0 saturated carbocycles.